The number of hydrogen-bond donors (Lipinski definition) is 2. The first-order chi connectivity index (χ1) is 7.97. The molecule has 6 heteroatoms. The van der Waals surface area contributed by atoms with Crippen LogP contribution in [0.3, 0.4) is 0 Å². The maximum Gasteiger partial charge on any atom is 0.342 e. The van der Waals surface area contributed by atoms with Crippen LogP contribution in [0, 0.1) is 6.92 Å². The van der Waals surface area contributed by atoms with Gasteiger partial charge in [0.05, 0.1) is 12.6 Å². The molecule has 0 radical (unpaired) electrons. The molecule has 0 heterocycles. The zero-order valence-electron chi connectivity index (χ0n) is 10.2. The van der Waals surface area contributed by atoms with Crippen molar-refractivity contribution in [3.63, 3.8) is 0 Å². The van der Waals surface area contributed by atoms with E-state index in [0.717, 1.165) is 5.56 Å². The molecule has 3 N–H and O–H groups in total. The lowest BCUT2D eigenvalue weighted by atomic mass is 10.00. The highest BCUT2D eigenvalue weighted by Crippen LogP contribution is 2.27. The summed E-state index contributed by atoms with van der Waals surface area (Å²) >= 11 is 0. The molecule has 18 heavy (non-hydrogen) atoms. The summed E-state index contributed by atoms with van der Waals surface area (Å²) in [6, 6.07) is 3.41. The quantitative estimate of drug-likeness (QED) is 0.826. The summed E-state index contributed by atoms with van der Waals surface area (Å²) in [7, 11) is 0. The van der Waals surface area contributed by atoms with Gasteiger partial charge in [0.1, 0.15) is 5.75 Å². The van der Waals surface area contributed by atoms with Gasteiger partial charge in [0, 0.05) is 5.56 Å². The summed E-state index contributed by atoms with van der Waals surface area (Å²) in [6.07, 6.45) is -1.98. The SMILES string of the molecule is CCOC(=O)C(F)[C@H](N)c1cc(C)ccc1O.Cl. The molecule has 0 aliphatic carbocycles. The van der Waals surface area contributed by atoms with Crippen molar-refractivity contribution in [1.82, 2.24) is 0 Å². The Hall–Kier alpha value is -1.33. The summed E-state index contributed by atoms with van der Waals surface area (Å²) in [5.74, 6) is -1.14. The molecule has 1 rings (SSSR count). The van der Waals surface area contributed by atoms with Crippen LogP contribution in [-0.4, -0.2) is 23.9 Å². The number of phenols is 1. The van der Waals surface area contributed by atoms with E-state index in [2.05, 4.69) is 4.74 Å². The van der Waals surface area contributed by atoms with E-state index in [4.69, 9.17) is 5.73 Å². The van der Waals surface area contributed by atoms with Gasteiger partial charge in [-0.2, -0.15) is 0 Å². The first kappa shape index (κ1) is 16.7. The van der Waals surface area contributed by atoms with Crippen LogP contribution in [0.1, 0.15) is 24.1 Å². The monoisotopic (exact) mass is 277 g/mol. The van der Waals surface area contributed by atoms with Crippen LogP contribution in [0.25, 0.3) is 0 Å². The first-order valence-corrected chi connectivity index (χ1v) is 5.33. The summed E-state index contributed by atoms with van der Waals surface area (Å²) < 4.78 is 18.2. The second kappa shape index (κ2) is 7.18. The van der Waals surface area contributed by atoms with Gasteiger partial charge >= 0.3 is 5.97 Å². The number of benzene rings is 1. The second-order valence-corrected chi connectivity index (χ2v) is 3.74. The van der Waals surface area contributed by atoms with Gasteiger partial charge in [-0.3, -0.25) is 0 Å². The van der Waals surface area contributed by atoms with Gasteiger partial charge in [-0.05, 0) is 19.9 Å². The van der Waals surface area contributed by atoms with E-state index in [0.29, 0.717) is 0 Å². The lowest BCUT2D eigenvalue weighted by molar-refractivity contribution is -0.149. The zero-order valence-corrected chi connectivity index (χ0v) is 11.0. The number of alkyl halides is 1. The molecule has 0 fully saturated rings. The fraction of sp³-hybridized carbons (Fsp3) is 0.417. The number of carbonyl (C=O) groups is 1. The van der Waals surface area contributed by atoms with Crippen molar-refractivity contribution >= 4 is 18.4 Å². The summed E-state index contributed by atoms with van der Waals surface area (Å²) in [6.45, 7) is 3.46. The average Bonchev–Trinajstić information content (AvgIpc) is 2.30. The highest BCUT2D eigenvalue weighted by atomic mass is 35.5. The molecule has 102 valence electrons. The number of aromatic hydroxyl groups is 1. The van der Waals surface area contributed by atoms with Crippen LogP contribution in [0.5, 0.6) is 5.75 Å². The van der Waals surface area contributed by atoms with E-state index in [-0.39, 0.29) is 30.3 Å². The van der Waals surface area contributed by atoms with Crippen molar-refractivity contribution in [2.45, 2.75) is 26.1 Å². The molecule has 1 unspecified atom stereocenters. The summed E-state index contributed by atoms with van der Waals surface area (Å²) in [5, 5.41) is 9.57. The highest BCUT2D eigenvalue weighted by molar-refractivity contribution is 5.85. The molecule has 4 nitrogen and oxygen atoms in total. The van der Waals surface area contributed by atoms with Gasteiger partial charge in [-0.25, -0.2) is 9.18 Å². The van der Waals surface area contributed by atoms with Gasteiger partial charge in [0.2, 0.25) is 6.17 Å². The molecule has 0 saturated carbocycles. The number of nitrogens with two attached hydrogens (primary N) is 1. The third-order valence-corrected chi connectivity index (χ3v) is 2.37. The fourth-order valence-electron chi connectivity index (χ4n) is 1.47. The van der Waals surface area contributed by atoms with Gasteiger partial charge in [0.25, 0.3) is 0 Å². The molecule has 0 saturated heterocycles. The Balaban J connectivity index is 0.00000289. The van der Waals surface area contributed by atoms with Crippen molar-refractivity contribution in [3.8, 4) is 5.75 Å². The topological polar surface area (TPSA) is 72.5 Å². The van der Waals surface area contributed by atoms with Crippen LogP contribution >= 0.6 is 12.4 Å². The molecule has 2 atom stereocenters. The predicted octanol–water partition coefficient (Wildman–Crippen LogP) is 2.02. The summed E-state index contributed by atoms with van der Waals surface area (Å²) in [4.78, 5) is 11.2. The Morgan fingerprint density at radius 1 is 1.56 bits per heavy atom. The molecule has 0 spiro atoms. The number of aryl methyl sites for hydroxylation is 1. The average molecular weight is 278 g/mol. The number of phenolic OH excluding ortho intramolecular Hbond substituents is 1. The number of ether oxygens (including phenoxy) is 1. The smallest absolute Gasteiger partial charge is 0.342 e. The van der Waals surface area contributed by atoms with Crippen molar-refractivity contribution in [2.24, 2.45) is 5.73 Å². The zero-order chi connectivity index (χ0) is 13.0. The van der Waals surface area contributed by atoms with Crippen LogP contribution < -0.4 is 5.73 Å². The molecule has 0 aliphatic heterocycles. The molecule has 0 bridgehead atoms. The number of esters is 1. The largest absolute Gasteiger partial charge is 0.508 e. The minimum atomic E-state index is -1.98. The summed E-state index contributed by atoms with van der Waals surface area (Å²) in [5.41, 5.74) is 6.63. The minimum Gasteiger partial charge on any atom is -0.508 e. The minimum absolute atomic E-state index is 0. The van der Waals surface area contributed by atoms with Crippen molar-refractivity contribution < 1.29 is 19.0 Å². The molecule has 1 aromatic carbocycles. The number of rotatable bonds is 4. The third-order valence-electron chi connectivity index (χ3n) is 2.37. The molecule has 0 aromatic heterocycles. The Morgan fingerprint density at radius 2 is 2.17 bits per heavy atom. The second-order valence-electron chi connectivity index (χ2n) is 3.74. The Labute approximate surface area is 111 Å². The van der Waals surface area contributed by atoms with Gasteiger partial charge < -0.3 is 15.6 Å². The maximum atomic E-state index is 13.7. The lowest BCUT2D eigenvalue weighted by Crippen LogP contribution is -2.31. The standard InChI is InChI=1S/C12H16FNO3.ClH/c1-3-17-12(16)10(13)11(14)8-6-7(2)4-5-9(8)15;/h4-6,10-11,15H,3,14H2,1-2H3;1H/t10?,11-;/m1./s1. The van der Waals surface area contributed by atoms with Gasteiger partial charge in [0.15, 0.2) is 0 Å². The van der Waals surface area contributed by atoms with Crippen LogP contribution in [0.4, 0.5) is 4.39 Å². The number of hydrogen-bond acceptors (Lipinski definition) is 4. The van der Waals surface area contributed by atoms with Crippen molar-refractivity contribution in [2.75, 3.05) is 6.61 Å². The maximum absolute atomic E-state index is 13.7. The van der Waals surface area contributed by atoms with Crippen molar-refractivity contribution in [1.29, 1.82) is 0 Å². The van der Waals surface area contributed by atoms with E-state index in [1.165, 1.54) is 6.07 Å². The van der Waals surface area contributed by atoms with Gasteiger partial charge in [-0.15, -0.1) is 12.4 Å². The molecule has 1 aromatic rings. The van der Waals surface area contributed by atoms with Crippen LogP contribution in [0.2, 0.25) is 0 Å². The van der Waals surface area contributed by atoms with E-state index in [9.17, 15) is 14.3 Å². The number of halogens is 2. The van der Waals surface area contributed by atoms with E-state index in [1.54, 1.807) is 26.0 Å². The van der Waals surface area contributed by atoms with E-state index >= 15 is 0 Å². The molecular weight excluding hydrogens is 261 g/mol. The first-order valence-electron chi connectivity index (χ1n) is 5.33. The van der Waals surface area contributed by atoms with Crippen LogP contribution in [-0.2, 0) is 9.53 Å². The number of carbonyl (C=O) groups excluding carboxylic acids is 1. The molecule has 0 aliphatic rings. The Kier molecular flexibility index (Phi) is 6.65. The normalized spacial score (nSPS) is 13.3. The Morgan fingerprint density at radius 3 is 2.72 bits per heavy atom. The van der Waals surface area contributed by atoms with Crippen molar-refractivity contribution in [3.05, 3.63) is 29.3 Å². The predicted molar refractivity (Wildman–Crippen MR) is 68.5 cm³/mol. The van der Waals surface area contributed by atoms with E-state index < -0.39 is 18.2 Å². The van der Waals surface area contributed by atoms with E-state index in [1.807, 2.05) is 0 Å². The molecule has 0 amide bonds. The lowest BCUT2D eigenvalue weighted by Gasteiger charge is -2.17. The van der Waals surface area contributed by atoms with Gasteiger partial charge in [-0.1, -0.05) is 17.7 Å². The highest BCUT2D eigenvalue weighted by Gasteiger charge is 2.29. The molecular formula is C12H17ClFNO3. The third kappa shape index (κ3) is 3.85. The fourth-order valence-corrected chi connectivity index (χ4v) is 1.47. The van der Waals surface area contributed by atoms with Crippen LogP contribution in [0.15, 0.2) is 18.2 Å². The Bertz CT molecular complexity index is 414.